The zero-order valence-electron chi connectivity index (χ0n) is 12.2. The molecule has 0 saturated heterocycles. The first-order valence-electron chi connectivity index (χ1n) is 6.88. The smallest absolute Gasteiger partial charge is 0.130 e. The van der Waals surface area contributed by atoms with E-state index in [9.17, 15) is 4.39 Å². The van der Waals surface area contributed by atoms with Gasteiger partial charge in [-0.15, -0.1) is 0 Å². The van der Waals surface area contributed by atoms with Crippen LogP contribution in [0.15, 0.2) is 34.8 Å². The lowest BCUT2D eigenvalue weighted by molar-refractivity contribution is 0.295. The molecule has 0 bridgehead atoms. The summed E-state index contributed by atoms with van der Waals surface area (Å²) in [6, 6.07) is 9.14. The van der Waals surface area contributed by atoms with Crippen LogP contribution in [0.5, 0.6) is 5.75 Å². The molecule has 2 aromatic carbocycles. The predicted octanol–water partition coefficient (Wildman–Crippen LogP) is 4.29. The Kier molecular flexibility index (Phi) is 5.37. The van der Waals surface area contributed by atoms with Gasteiger partial charge in [0, 0.05) is 10.0 Å². The molecule has 0 aliphatic carbocycles. The van der Waals surface area contributed by atoms with Crippen molar-refractivity contribution in [2.45, 2.75) is 26.9 Å². The fourth-order valence-corrected chi connectivity index (χ4v) is 2.70. The average molecular weight is 352 g/mol. The van der Waals surface area contributed by atoms with E-state index in [0.29, 0.717) is 12.1 Å². The largest absolute Gasteiger partial charge is 0.488 e. The molecule has 4 heteroatoms. The van der Waals surface area contributed by atoms with Crippen molar-refractivity contribution in [2.24, 2.45) is 5.73 Å². The van der Waals surface area contributed by atoms with Gasteiger partial charge in [-0.1, -0.05) is 34.1 Å². The molecule has 2 nitrogen and oxygen atoms in total. The maximum absolute atomic E-state index is 13.8. The van der Waals surface area contributed by atoms with Crippen LogP contribution in [0.2, 0.25) is 0 Å². The third-order valence-electron chi connectivity index (χ3n) is 3.34. The summed E-state index contributed by atoms with van der Waals surface area (Å²) in [7, 11) is 0. The van der Waals surface area contributed by atoms with E-state index in [2.05, 4.69) is 28.1 Å². The van der Waals surface area contributed by atoms with E-state index in [1.807, 2.05) is 19.9 Å². The zero-order chi connectivity index (χ0) is 15.4. The van der Waals surface area contributed by atoms with Gasteiger partial charge in [0.1, 0.15) is 18.2 Å². The van der Waals surface area contributed by atoms with Crippen LogP contribution in [0.1, 0.15) is 22.3 Å². The molecule has 0 radical (unpaired) electrons. The van der Waals surface area contributed by atoms with E-state index < -0.39 is 0 Å². The molecule has 112 valence electrons. The standard InChI is InChI=1S/C17H19BrFNO/c1-11-7-13(5-6-20)8-12(2)17(11)21-10-14-3-4-15(18)9-16(14)19/h3-4,7-9H,5-6,10,20H2,1-2H3. The molecule has 0 amide bonds. The maximum Gasteiger partial charge on any atom is 0.130 e. The first kappa shape index (κ1) is 16.0. The Morgan fingerprint density at radius 1 is 1.14 bits per heavy atom. The molecule has 0 spiro atoms. The highest BCUT2D eigenvalue weighted by Crippen LogP contribution is 2.26. The van der Waals surface area contributed by atoms with Crippen LogP contribution in [0.4, 0.5) is 4.39 Å². The molecule has 2 aromatic rings. The van der Waals surface area contributed by atoms with Crippen LogP contribution >= 0.6 is 15.9 Å². The molecular formula is C17H19BrFNO. The predicted molar refractivity (Wildman–Crippen MR) is 87.1 cm³/mol. The van der Waals surface area contributed by atoms with E-state index >= 15 is 0 Å². The van der Waals surface area contributed by atoms with Gasteiger partial charge in [0.05, 0.1) is 0 Å². The van der Waals surface area contributed by atoms with Crippen LogP contribution in [-0.2, 0) is 13.0 Å². The number of aryl methyl sites for hydroxylation is 2. The van der Waals surface area contributed by atoms with E-state index in [0.717, 1.165) is 27.8 Å². The quantitative estimate of drug-likeness (QED) is 0.872. The maximum atomic E-state index is 13.8. The second kappa shape index (κ2) is 7.05. The number of halogens is 2. The molecule has 0 unspecified atom stereocenters. The van der Waals surface area contributed by atoms with Gasteiger partial charge in [-0.25, -0.2) is 4.39 Å². The monoisotopic (exact) mass is 351 g/mol. The molecule has 0 aliphatic heterocycles. The third kappa shape index (κ3) is 4.05. The minimum atomic E-state index is -0.264. The summed E-state index contributed by atoms with van der Waals surface area (Å²) in [5, 5.41) is 0. The van der Waals surface area contributed by atoms with Crippen molar-refractivity contribution in [3.8, 4) is 5.75 Å². The number of ether oxygens (including phenoxy) is 1. The minimum absolute atomic E-state index is 0.219. The van der Waals surface area contributed by atoms with Crippen molar-refractivity contribution in [1.82, 2.24) is 0 Å². The van der Waals surface area contributed by atoms with Gasteiger partial charge in [-0.2, -0.15) is 0 Å². The first-order chi connectivity index (χ1) is 10.0. The highest BCUT2D eigenvalue weighted by molar-refractivity contribution is 9.10. The first-order valence-corrected chi connectivity index (χ1v) is 7.67. The Balaban J connectivity index is 2.16. The Morgan fingerprint density at radius 2 is 1.81 bits per heavy atom. The summed E-state index contributed by atoms with van der Waals surface area (Å²) in [4.78, 5) is 0. The van der Waals surface area contributed by atoms with Crippen molar-refractivity contribution in [1.29, 1.82) is 0 Å². The summed E-state index contributed by atoms with van der Waals surface area (Å²) in [5.74, 6) is 0.553. The fourth-order valence-electron chi connectivity index (χ4n) is 2.37. The second-order valence-corrected chi connectivity index (χ2v) is 6.04. The number of hydrogen-bond acceptors (Lipinski definition) is 2. The highest BCUT2D eigenvalue weighted by Gasteiger charge is 2.09. The SMILES string of the molecule is Cc1cc(CCN)cc(C)c1OCc1ccc(Br)cc1F. The Labute approximate surface area is 133 Å². The van der Waals surface area contributed by atoms with Gasteiger partial charge in [-0.05, 0) is 55.6 Å². The van der Waals surface area contributed by atoms with Crippen molar-refractivity contribution in [3.05, 3.63) is 62.9 Å². The van der Waals surface area contributed by atoms with Crippen molar-refractivity contribution in [3.63, 3.8) is 0 Å². The third-order valence-corrected chi connectivity index (χ3v) is 3.83. The van der Waals surface area contributed by atoms with E-state index in [1.54, 1.807) is 6.07 Å². The van der Waals surface area contributed by atoms with Crippen LogP contribution in [0, 0.1) is 19.7 Å². The molecule has 0 saturated carbocycles. The summed E-state index contributed by atoms with van der Waals surface area (Å²) in [5.41, 5.74) is 9.44. The highest BCUT2D eigenvalue weighted by atomic mass is 79.9. The van der Waals surface area contributed by atoms with Gasteiger partial charge in [0.25, 0.3) is 0 Å². The van der Waals surface area contributed by atoms with Crippen molar-refractivity contribution < 1.29 is 9.13 Å². The van der Waals surface area contributed by atoms with Crippen molar-refractivity contribution in [2.75, 3.05) is 6.54 Å². The van der Waals surface area contributed by atoms with Crippen LogP contribution in [0.3, 0.4) is 0 Å². The minimum Gasteiger partial charge on any atom is -0.488 e. The molecule has 2 N–H and O–H groups in total. The fraction of sp³-hybridized carbons (Fsp3) is 0.294. The van der Waals surface area contributed by atoms with E-state index in [4.69, 9.17) is 10.5 Å². The lowest BCUT2D eigenvalue weighted by atomic mass is 10.0. The molecular weight excluding hydrogens is 333 g/mol. The van der Waals surface area contributed by atoms with Crippen LogP contribution in [-0.4, -0.2) is 6.54 Å². The summed E-state index contributed by atoms with van der Waals surface area (Å²) < 4.78 is 20.3. The zero-order valence-corrected chi connectivity index (χ0v) is 13.8. The summed E-state index contributed by atoms with van der Waals surface area (Å²) >= 11 is 3.25. The Hall–Kier alpha value is -1.39. The Morgan fingerprint density at radius 3 is 2.38 bits per heavy atom. The lowest BCUT2D eigenvalue weighted by Gasteiger charge is -2.14. The molecule has 21 heavy (non-hydrogen) atoms. The van der Waals surface area contributed by atoms with Crippen molar-refractivity contribution >= 4 is 15.9 Å². The topological polar surface area (TPSA) is 35.2 Å². The molecule has 0 atom stereocenters. The normalized spacial score (nSPS) is 10.7. The number of nitrogens with two attached hydrogens (primary N) is 1. The van der Waals surface area contributed by atoms with Gasteiger partial charge in [0.2, 0.25) is 0 Å². The molecule has 0 aliphatic rings. The Bertz CT molecular complexity index is 620. The summed E-state index contributed by atoms with van der Waals surface area (Å²) in [6.07, 6.45) is 0.850. The lowest BCUT2D eigenvalue weighted by Crippen LogP contribution is -2.05. The van der Waals surface area contributed by atoms with Gasteiger partial charge < -0.3 is 10.5 Å². The van der Waals surface area contributed by atoms with Crippen LogP contribution < -0.4 is 10.5 Å². The molecule has 0 heterocycles. The number of rotatable bonds is 5. The summed E-state index contributed by atoms with van der Waals surface area (Å²) in [6.45, 7) is 4.85. The van der Waals surface area contributed by atoms with E-state index in [-0.39, 0.29) is 12.4 Å². The molecule has 0 fully saturated rings. The molecule has 2 rings (SSSR count). The second-order valence-electron chi connectivity index (χ2n) is 5.12. The van der Waals surface area contributed by atoms with Crippen LogP contribution in [0.25, 0.3) is 0 Å². The average Bonchev–Trinajstić information content (AvgIpc) is 2.40. The van der Waals surface area contributed by atoms with E-state index in [1.165, 1.54) is 11.6 Å². The molecule has 0 aromatic heterocycles. The van der Waals surface area contributed by atoms with Gasteiger partial charge >= 0.3 is 0 Å². The number of benzene rings is 2. The van der Waals surface area contributed by atoms with Gasteiger partial charge in [0.15, 0.2) is 0 Å². The number of hydrogen-bond donors (Lipinski definition) is 1. The van der Waals surface area contributed by atoms with Gasteiger partial charge in [-0.3, -0.25) is 0 Å².